The highest BCUT2D eigenvalue weighted by atomic mass is 35.5. The molecule has 34 heavy (non-hydrogen) atoms. The molecule has 0 amide bonds. The summed E-state index contributed by atoms with van der Waals surface area (Å²) in [7, 11) is 2.13. The molecule has 0 saturated carbocycles. The highest BCUT2D eigenvalue weighted by Gasteiger charge is 2.30. The average Bonchev–Trinajstić information content (AvgIpc) is 2.76. The Bertz CT molecular complexity index is 1480. The molecule has 3 heterocycles. The van der Waals surface area contributed by atoms with Gasteiger partial charge in [0.15, 0.2) is 0 Å². The van der Waals surface area contributed by atoms with Crippen molar-refractivity contribution in [1.29, 1.82) is 0 Å². The molecule has 1 aliphatic heterocycles. The summed E-state index contributed by atoms with van der Waals surface area (Å²) in [5.41, 5.74) is 4.37. The van der Waals surface area contributed by atoms with Gasteiger partial charge in [0.05, 0.1) is 15.9 Å². The van der Waals surface area contributed by atoms with Crippen LogP contribution in [0.2, 0.25) is 5.02 Å². The van der Waals surface area contributed by atoms with Crippen molar-refractivity contribution < 1.29 is 4.39 Å². The van der Waals surface area contributed by atoms with Crippen LogP contribution in [0.1, 0.15) is 30.5 Å². The maximum atomic E-state index is 14.5. The number of rotatable bonds is 3. The summed E-state index contributed by atoms with van der Waals surface area (Å²) in [6.07, 6.45) is 3.03. The van der Waals surface area contributed by atoms with Gasteiger partial charge in [-0.25, -0.2) is 14.4 Å². The molecule has 2 aromatic carbocycles. The summed E-state index contributed by atoms with van der Waals surface area (Å²) < 4.78 is 15.7. The fourth-order valence-electron chi connectivity index (χ4n) is 4.93. The quantitative estimate of drug-likeness (QED) is 0.431. The van der Waals surface area contributed by atoms with E-state index in [0.717, 1.165) is 18.8 Å². The molecule has 0 saturated heterocycles. The maximum absolute atomic E-state index is 14.5. The van der Waals surface area contributed by atoms with Gasteiger partial charge in [-0.2, -0.15) is 0 Å². The molecule has 2 aromatic heterocycles. The van der Waals surface area contributed by atoms with Crippen LogP contribution in [-0.2, 0) is 12.0 Å². The second-order valence-corrected chi connectivity index (χ2v) is 9.97. The lowest BCUT2D eigenvalue weighted by atomic mass is 9.78. The number of aryl methyl sites for hydroxylation is 1. The number of hydrogen-bond donors (Lipinski definition) is 1. The maximum Gasteiger partial charge on any atom is 0.266 e. The van der Waals surface area contributed by atoms with Crippen LogP contribution in [0.15, 0.2) is 53.6 Å². The van der Waals surface area contributed by atoms with E-state index in [1.165, 1.54) is 34.0 Å². The van der Waals surface area contributed by atoms with Crippen LogP contribution in [0.25, 0.3) is 16.6 Å². The molecule has 6 nitrogen and oxygen atoms in total. The number of pyridine rings is 1. The Balaban J connectivity index is 1.53. The van der Waals surface area contributed by atoms with Crippen molar-refractivity contribution in [2.45, 2.75) is 32.7 Å². The van der Waals surface area contributed by atoms with Crippen molar-refractivity contribution in [3.63, 3.8) is 0 Å². The Morgan fingerprint density at radius 3 is 2.76 bits per heavy atom. The number of anilines is 2. The van der Waals surface area contributed by atoms with Gasteiger partial charge in [0, 0.05) is 36.6 Å². The normalized spacial score (nSPS) is 15.4. The van der Waals surface area contributed by atoms with Gasteiger partial charge in [-0.3, -0.25) is 9.36 Å². The number of fused-ring (bicyclic) bond motifs is 2. The lowest BCUT2D eigenvalue weighted by Gasteiger charge is -2.38. The van der Waals surface area contributed by atoms with Crippen LogP contribution >= 0.6 is 11.6 Å². The Hall–Kier alpha value is -3.29. The summed E-state index contributed by atoms with van der Waals surface area (Å²) in [5, 5.41) is 3.71. The summed E-state index contributed by atoms with van der Waals surface area (Å²) in [6.45, 7) is 8.22. The molecule has 4 aromatic rings. The van der Waals surface area contributed by atoms with Crippen LogP contribution in [0.5, 0.6) is 0 Å². The first-order valence-electron chi connectivity index (χ1n) is 11.1. The predicted octanol–water partition coefficient (Wildman–Crippen LogP) is 5.35. The van der Waals surface area contributed by atoms with Gasteiger partial charge >= 0.3 is 0 Å². The zero-order valence-electron chi connectivity index (χ0n) is 19.5. The van der Waals surface area contributed by atoms with Gasteiger partial charge in [0.25, 0.3) is 5.56 Å². The molecular formula is C26H25ClFN5O. The molecule has 8 heteroatoms. The summed E-state index contributed by atoms with van der Waals surface area (Å²) in [6, 6.07) is 10.6. The van der Waals surface area contributed by atoms with Crippen LogP contribution in [0.3, 0.4) is 0 Å². The molecule has 0 atom stereocenters. The van der Waals surface area contributed by atoms with E-state index in [9.17, 15) is 9.18 Å². The molecule has 0 spiro atoms. The summed E-state index contributed by atoms with van der Waals surface area (Å²) in [4.78, 5) is 24.4. The molecule has 0 aliphatic carbocycles. The van der Waals surface area contributed by atoms with Crippen molar-refractivity contribution >= 4 is 34.1 Å². The second-order valence-electron chi connectivity index (χ2n) is 9.57. The zero-order chi connectivity index (χ0) is 24.2. The van der Waals surface area contributed by atoms with E-state index in [4.69, 9.17) is 11.6 Å². The van der Waals surface area contributed by atoms with E-state index in [1.54, 1.807) is 12.3 Å². The number of likely N-dealkylation sites (N-methyl/N-ethyl adjacent to an activating group) is 1. The van der Waals surface area contributed by atoms with Crippen molar-refractivity contribution in [3.8, 4) is 5.69 Å². The van der Waals surface area contributed by atoms with Crippen molar-refractivity contribution in [2.24, 2.45) is 0 Å². The van der Waals surface area contributed by atoms with Gasteiger partial charge < -0.3 is 10.2 Å². The molecule has 0 bridgehead atoms. The van der Waals surface area contributed by atoms with Crippen molar-refractivity contribution in [3.05, 3.63) is 86.7 Å². The molecule has 1 N–H and O–H groups in total. The third kappa shape index (κ3) is 3.85. The lowest BCUT2D eigenvalue weighted by molar-refractivity contribution is 0.236. The number of benzene rings is 2. The first kappa shape index (κ1) is 22.5. The van der Waals surface area contributed by atoms with Crippen molar-refractivity contribution in [1.82, 2.24) is 19.4 Å². The van der Waals surface area contributed by atoms with Crippen LogP contribution in [0.4, 0.5) is 16.0 Å². The first-order chi connectivity index (χ1) is 16.1. The fourth-order valence-corrected chi connectivity index (χ4v) is 5.18. The van der Waals surface area contributed by atoms with E-state index in [2.05, 4.69) is 53.2 Å². The molecule has 0 fully saturated rings. The molecule has 1 aliphatic rings. The van der Waals surface area contributed by atoms with E-state index < -0.39 is 11.4 Å². The average molecular weight is 478 g/mol. The smallest absolute Gasteiger partial charge is 0.266 e. The third-order valence-electron chi connectivity index (χ3n) is 6.31. The van der Waals surface area contributed by atoms with Crippen LogP contribution < -0.4 is 10.9 Å². The number of hydrogen-bond acceptors (Lipinski definition) is 5. The van der Waals surface area contributed by atoms with Gasteiger partial charge in [0.2, 0.25) is 5.95 Å². The largest absolute Gasteiger partial charge is 0.324 e. The Morgan fingerprint density at radius 2 is 2.00 bits per heavy atom. The summed E-state index contributed by atoms with van der Waals surface area (Å²) in [5.74, 6) is -0.186. The Kier molecular flexibility index (Phi) is 5.41. The van der Waals surface area contributed by atoms with E-state index in [0.29, 0.717) is 22.4 Å². The number of nitrogens with zero attached hydrogens (tertiary/aromatic N) is 4. The monoisotopic (exact) mass is 477 g/mol. The Morgan fingerprint density at radius 1 is 1.21 bits per heavy atom. The summed E-state index contributed by atoms with van der Waals surface area (Å²) >= 11 is 6.19. The standard InChI is InChI=1S/C26H25ClFN5O/c1-15-12-33(23-20(27)6-5-7-21(23)28)24(34)18-11-29-25(31-22(15)18)30-17-8-9-19-16(10-17)13-32(4)14-26(19,2)3/h5-12H,13-14H2,1-4H3,(H,29,30,31). The number of para-hydroxylation sites is 1. The van der Waals surface area contributed by atoms with Gasteiger partial charge in [0.1, 0.15) is 11.5 Å². The number of halogens is 2. The fraction of sp³-hybridized carbons (Fsp3) is 0.269. The van der Waals surface area contributed by atoms with Crippen LogP contribution in [-0.4, -0.2) is 33.0 Å². The predicted molar refractivity (Wildman–Crippen MR) is 134 cm³/mol. The zero-order valence-corrected chi connectivity index (χ0v) is 20.2. The van der Waals surface area contributed by atoms with Gasteiger partial charge in [-0.05, 0) is 54.9 Å². The first-order valence-corrected chi connectivity index (χ1v) is 11.4. The molecule has 0 radical (unpaired) electrons. The van der Waals surface area contributed by atoms with Gasteiger partial charge in [-0.1, -0.05) is 37.6 Å². The van der Waals surface area contributed by atoms with Crippen molar-refractivity contribution in [2.75, 3.05) is 18.9 Å². The topological polar surface area (TPSA) is 63.1 Å². The highest BCUT2D eigenvalue weighted by molar-refractivity contribution is 6.32. The number of aromatic nitrogens is 3. The minimum atomic E-state index is -0.575. The molecule has 0 unspecified atom stereocenters. The molecule has 174 valence electrons. The minimum absolute atomic E-state index is 0.0170. The van der Waals surface area contributed by atoms with E-state index >= 15 is 0 Å². The third-order valence-corrected chi connectivity index (χ3v) is 6.61. The SMILES string of the molecule is Cc1cn(-c2c(F)cccc2Cl)c(=O)c2cnc(Nc3ccc4c(c3)CN(C)CC4(C)C)nc12. The Labute approximate surface area is 202 Å². The number of nitrogens with one attached hydrogen (secondary N) is 1. The minimum Gasteiger partial charge on any atom is -0.324 e. The van der Waals surface area contributed by atoms with Gasteiger partial charge in [-0.15, -0.1) is 0 Å². The van der Waals surface area contributed by atoms with E-state index in [1.807, 2.05) is 13.0 Å². The van der Waals surface area contributed by atoms with Crippen LogP contribution in [0, 0.1) is 12.7 Å². The second kappa shape index (κ2) is 8.18. The molecule has 5 rings (SSSR count). The highest BCUT2D eigenvalue weighted by Crippen LogP contribution is 2.34. The van der Waals surface area contributed by atoms with E-state index in [-0.39, 0.29) is 16.1 Å². The lowest BCUT2D eigenvalue weighted by Crippen LogP contribution is -2.39. The molecular weight excluding hydrogens is 453 g/mol.